The van der Waals surface area contributed by atoms with E-state index in [9.17, 15) is 4.79 Å². The molecule has 1 aliphatic carbocycles. The van der Waals surface area contributed by atoms with Crippen molar-refractivity contribution < 1.29 is 4.79 Å². The molecule has 1 N–H and O–H groups in total. The first-order valence-electron chi connectivity index (χ1n) is 7.87. The second kappa shape index (κ2) is 6.61. The van der Waals surface area contributed by atoms with Crippen molar-refractivity contribution in [1.29, 1.82) is 0 Å². The van der Waals surface area contributed by atoms with Crippen molar-refractivity contribution in [1.82, 2.24) is 4.98 Å². The topological polar surface area (TPSA) is 42.0 Å². The number of benzene rings is 1. The van der Waals surface area contributed by atoms with Gasteiger partial charge in [0.25, 0.3) is 0 Å². The predicted molar refractivity (Wildman–Crippen MR) is 94.1 cm³/mol. The fourth-order valence-corrected chi connectivity index (χ4v) is 2.68. The van der Waals surface area contributed by atoms with Gasteiger partial charge in [-0.15, -0.1) is 0 Å². The van der Waals surface area contributed by atoms with E-state index in [-0.39, 0.29) is 11.8 Å². The van der Waals surface area contributed by atoms with Gasteiger partial charge in [0, 0.05) is 18.0 Å². The van der Waals surface area contributed by atoms with Crippen molar-refractivity contribution in [3.05, 3.63) is 71.8 Å². The molecule has 0 bridgehead atoms. The summed E-state index contributed by atoms with van der Waals surface area (Å²) in [5.41, 5.74) is 3.45. The molecular weight excluding hydrogens is 284 g/mol. The minimum atomic E-state index is 0.0908. The van der Waals surface area contributed by atoms with Gasteiger partial charge in [-0.3, -0.25) is 4.79 Å². The number of hydrogen-bond donors (Lipinski definition) is 1. The second-order valence-corrected chi connectivity index (χ2v) is 5.93. The lowest BCUT2D eigenvalue weighted by Crippen LogP contribution is -2.14. The Morgan fingerprint density at radius 3 is 2.35 bits per heavy atom. The van der Waals surface area contributed by atoms with E-state index in [1.165, 1.54) is 0 Å². The number of carbonyl (C=O) groups excluding carboxylic acids is 1. The third kappa shape index (κ3) is 3.39. The Kier molecular flexibility index (Phi) is 4.38. The van der Waals surface area contributed by atoms with E-state index in [4.69, 9.17) is 0 Å². The quantitative estimate of drug-likeness (QED) is 0.709. The molecule has 0 radical (unpaired) electrons. The van der Waals surface area contributed by atoms with Crippen molar-refractivity contribution in [2.45, 2.75) is 26.3 Å². The minimum absolute atomic E-state index is 0.0908. The molecule has 116 valence electrons. The Hall–Kier alpha value is -2.68. The summed E-state index contributed by atoms with van der Waals surface area (Å²) in [7, 11) is 0. The number of ketones is 1. The number of anilines is 1. The maximum absolute atomic E-state index is 12.9. The molecule has 0 aromatic heterocycles. The molecule has 2 aliphatic rings. The van der Waals surface area contributed by atoms with Gasteiger partial charge in [0.05, 0.1) is 11.3 Å². The summed E-state index contributed by atoms with van der Waals surface area (Å²) in [6, 6.07) is 19.8. The fourth-order valence-electron chi connectivity index (χ4n) is 2.68. The van der Waals surface area contributed by atoms with Crippen LogP contribution in [0.4, 0.5) is 5.82 Å². The van der Waals surface area contributed by atoms with E-state index in [1.807, 2.05) is 74.5 Å². The Bertz CT molecular complexity index is 781. The molecular formula is C20H20N2O. The first-order valence-corrected chi connectivity index (χ1v) is 7.87. The highest BCUT2D eigenvalue weighted by Gasteiger charge is 2.23. The lowest BCUT2D eigenvalue weighted by atomic mass is 10.00. The standard InChI is InChI=1S/C20H20N2O/c1-14(2)21-20-19(16-11-7-4-8-12-17(16)22-20)18(23)13-15-9-5-3-6-10-15/h3-12,14H,13H2,1-2H3,(H,21,22). The molecule has 23 heavy (non-hydrogen) atoms. The zero-order chi connectivity index (χ0) is 16.2. The van der Waals surface area contributed by atoms with Crippen LogP contribution in [0.2, 0.25) is 0 Å². The Balaban J connectivity index is 2.03. The summed E-state index contributed by atoms with van der Waals surface area (Å²) in [4.78, 5) is 17.5. The van der Waals surface area contributed by atoms with Crippen molar-refractivity contribution in [3.63, 3.8) is 0 Å². The van der Waals surface area contributed by atoms with Gasteiger partial charge in [0.2, 0.25) is 0 Å². The molecule has 1 aliphatic heterocycles. The molecule has 3 rings (SSSR count). The molecule has 0 fully saturated rings. The van der Waals surface area contributed by atoms with Crippen LogP contribution in [0.25, 0.3) is 11.3 Å². The van der Waals surface area contributed by atoms with E-state index in [0.29, 0.717) is 17.8 Å². The van der Waals surface area contributed by atoms with Crippen molar-refractivity contribution >= 4 is 11.6 Å². The average molecular weight is 304 g/mol. The number of aromatic nitrogens is 1. The van der Waals surface area contributed by atoms with Gasteiger partial charge in [-0.2, -0.15) is 0 Å². The Morgan fingerprint density at radius 2 is 1.65 bits per heavy atom. The molecule has 0 amide bonds. The number of Topliss-reactive ketones (excluding diaryl/α,β-unsaturated/α-hetero) is 1. The SMILES string of the molecule is CC(C)Nc1nc2cccccc-2c1C(=O)Cc1ccccc1. The second-order valence-electron chi connectivity index (χ2n) is 5.93. The van der Waals surface area contributed by atoms with Crippen LogP contribution >= 0.6 is 0 Å². The molecule has 1 heterocycles. The van der Waals surface area contributed by atoms with Gasteiger partial charge >= 0.3 is 0 Å². The van der Waals surface area contributed by atoms with Crippen LogP contribution < -0.4 is 5.32 Å². The molecule has 0 saturated heterocycles. The largest absolute Gasteiger partial charge is 0.367 e. The molecule has 0 unspecified atom stereocenters. The first-order chi connectivity index (χ1) is 11.1. The summed E-state index contributed by atoms with van der Waals surface area (Å²) in [5.74, 6) is 0.773. The normalized spacial score (nSPS) is 10.9. The van der Waals surface area contributed by atoms with Crippen LogP contribution in [-0.2, 0) is 6.42 Å². The van der Waals surface area contributed by atoms with Crippen molar-refractivity contribution in [2.75, 3.05) is 5.32 Å². The molecule has 0 atom stereocenters. The van der Waals surface area contributed by atoms with E-state index in [1.54, 1.807) is 0 Å². The maximum atomic E-state index is 12.9. The average Bonchev–Trinajstić information content (AvgIpc) is 2.69. The predicted octanol–water partition coefficient (Wildman–Crippen LogP) is 4.43. The van der Waals surface area contributed by atoms with E-state index < -0.39 is 0 Å². The van der Waals surface area contributed by atoms with E-state index in [2.05, 4.69) is 10.3 Å². The molecule has 1 aromatic carbocycles. The first kappa shape index (κ1) is 15.2. The Morgan fingerprint density at radius 1 is 1.00 bits per heavy atom. The van der Waals surface area contributed by atoms with Crippen LogP contribution in [0.15, 0.2) is 60.7 Å². The number of nitrogens with one attached hydrogen (secondary N) is 1. The molecule has 0 saturated carbocycles. The van der Waals surface area contributed by atoms with Gasteiger partial charge in [-0.05, 0) is 25.5 Å². The van der Waals surface area contributed by atoms with Crippen molar-refractivity contribution in [2.24, 2.45) is 0 Å². The molecule has 3 heteroatoms. The number of hydrogen-bond acceptors (Lipinski definition) is 3. The fraction of sp³-hybridized carbons (Fsp3) is 0.200. The number of rotatable bonds is 5. The number of carbonyl (C=O) groups is 1. The summed E-state index contributed by atoms with van der Waals surface area (Å²) >= 11 is 0. The van der Waals surface area contributed by atoms with Gasteiger partial charge in [-0.1, -0.05) is 54.6 Å². The van der Waals surface area contributed by atoms with E-state index in [0.717, 1.165) is 16.8 Å². The minimum Gasteiger partial charge on any atom is -0.367 e. The number of nitrogens with zero attached hydrogens (tertiary/aromatic N) is 1. The van der Waals surface area contributed by atoms with Gasteiger partial charge in [0.1, 0.15) is 5.82 Å². The lowest BCUT2D eigenvalue weighted by Gasteiger charge is -2.09. The summed E-state index contributed by atoms with van der Waals surface area (Å²) in [6.45, 7) is 4.09. The van der Waals surface area contributed by atoms with Gasteiger partial charge in [0.15, 0.2) is 5.78 Å². The van der Waals surface area contributed by atoms with E-state index >= 15 is 0 Å². The third-order valence-corrected chi connectivity index (χ3v) is 3.67. The van der Waals surface area contributed by atoms with Crippen LogP contribution in [0.3, 0.4) is 0 Å². The zero-order valence-corrected chi connectivity index (χ0v) is 13.4. The molecule has 0 spiro atoms. The number of fused-ring (bicyclic) bond motifs is 1. The molecule has 1 aromatic rings. The van der Waals surface area contributed by atoms with Crippen LogP contribution in [0.1, 0.15) is 29.8 Å². The van der Waals surface area contributed by atoms with Crippen LogP contribution in [0.5, 0.6) is 0 Å². The van der Waals surface area contributed by atoms with Crippen molar-refractivity contribution in [3.8, 4) is 11.3 Å². The highest BCUT2D eigenvalue weighted by atomic mass is 16.1. The smallest absolute Gasteiger partial charge is 0.171 e. The summed E-state index contributed by atoms with van der Waals surface area (Å²) < 4.78 is 0. The summed E-state index contributed by atoms with van der Waals surface area (Å²) in [5, 5.41) is 3.31. The maximum Gasteiger partial charge on any atom is 0.171 e. The van der Waals surface area contributed by atoms with Gasteiger partial charge < -0.3 is 5.32 Å². The van der Waals surface area contributed by atoms with Crippen LogP contribution in [-0.4, -0.2) is 16.8 Å². The molecule has 3 nitrogen and oxygen atoms in total. The summed E-state index contributed by atoms with van der Waals surface area (Å²) in [6.07, 6.45) is 0.382. The zero-order valence-electron chi connectivity index (χ0n) is 13.4. The Labute approximate surface area is 136 Å². The highest BCUT2D eigenvalue weighted by molar-refractivity contribution is 6.08. The van der Waals surface area contributed by atoms with Crippen LogP contribution in [0, 0.1) is 0 Å². The van der Waals surface area contributed by atoms with Gasteiger partial charge in [-0.25, -0.2) is 4.98 Å². The third-order valence-electron chi connectivity index (χ3n) is 3.67. The highest BCUT2D eigenvalue weighted by Crippen LogP contribution is 2.32. The monoisotopic (exact) mass is 304 g/mol. The lowest BCUT2D eigenvalue weighted by molar-refractivity contribution is 0.0994.